The van der Waals surface area contributed by atoms with E-state index in [-0.39, 0.29) is 16.6 Å². The number of hydrogen-bond acceptors (Lipinski definition) is 3. The highest BCUT2D eigenvalue weighted by Gasteiger charge is 2.45. The van der Waals surface area contributed by atoms with Crippen LogP contribution < -0.4 is 10.1 Å². The molecule has 0 heterocycles. The molecule has 0 aromatic heterocycles. The molecular weight excluding hydrogens is 499 g/mol. The van der Waals surface area contributed by atoms with E-state index in [1.165, 1.54) is 17.7 Å². The van der Waals surface area contributed by atoms with Gasteiger partial charge in [0.15, 0.2) is 0 Å². The van der Waals surface area contributed by atoms with Gasteiger partial charge in [-0.25, -0.2) is 0 Å². The first kappa shape index (κ1) is 26.7. The van der Waals surface area contributed by atoms with E-state index in [2.05, 4.69) is 17.4 Å². The van der Waals surface area contributed by atoms with Crippen molar-refractivity contribution in [2.75, 3.05) is 11.9 Å². The molecule has 4 rings (SSSR count). The number of carboxylic acid groups (broad SMARTS) is 1. The predicted octanol–water partition coefficient (Wildman–Crippen LogP) is 7.31. The molecule has 0 unspecified atom stereocenters. The summed E-state index contributed by atoms with van der Waals surface area (Å²) in [6.45, 7) is 4.22. The third kappa shape index (κ3) is 6.49. The van der Waals surface area contributed by atoms with E-state index in [1.807, 2.05) is 44.2 Å². The molecule has 37 heavy (non-hydrogen) atoms. The average Bonchev–Trinajstić information content (AvgIpc) is 3.63. The topological polar surface area (TPSA) is 58.6 Å². The van der Waals surface area contributed by atoms with Crippen LogP contribution in [0.5, 0.6) is 5.75 Å². The lowest BCUT2D eigenvalue weighted by Gasteiger charge is -2.19. The second-order valence-corrected chi connectivity index (χ2v) is 9.82. The number of rotatable bonds is 9. The molecule has 194 valence electrons. The SMILES string of the molecule is Cc1cc(OCCCc2ccccc2)cc(C)c1C(=S)Nc1cc([C@H]2C[C@H]2C(=O)O)ccc1C(F)(F)F. The average molecular weight is 528 g/mol. The number of thiocarbonyl (C=S) groups is 1. The Morgan fingerprint density at radius 1 is 1.08 bits per heavy atom. The third-order valence-electron chi connectivity index (χ3n) is 6.59. The lowest BCUT2D eigenvalue weighted by Crippen LogP contribution is -2.18. The summed E-state index contributed by atoms with van der Waals surface area (Å²) >= 11 is 5.54. The highest BCUT2D eigenvalue weighted by Crippen LogP contribution is 2.49. The number of aryl methyl sites for hydroxylation is 3. The molecule has 8 heteroatoms. The summed E-state index contributed by atoms with van der Waals surface area (Å²) in [5.41, 5.74) is 2.98. The zero-order valence-electron chi connectivity index (χ0n) is 20.6. The van der Waals surface area contributed by atoms with Crippen molar-refractivity contribution in [3.63, 3.8) is 0 Å². The Kier molecular flexibility index (Phi) is 7.87. The largest absolute Gasteiger partial charge is 0.494 e. The van der Waals surface area contributed by atoms with E-state index in [0.29, 0.717) is 29.9 Å². The zero-order chi connectivity index (χ0) is 26.7. The van der Waals surface area contributed by atoms with Crippen molar-refractivity contribution in [2.24, 2.45) is 5.92 Å². The van der Waals surface area contributed by atoms with Crippen molar-refractivity contribution in [3.05, 3.63) is 94.0 Å². The first-order valence-corrected chi connectivity index (χ1v) is 12.5. The highest BCUT2D eigenvalue weighted by atomic mass is 32.1. The van der Waals surface area contributed by atoms with Gasteiger partial charge in [-0.15, -0.1) is 0 Å². The predicted molar refractivity (Wildman–Crippen MR) is 141 cm³/mol. The molecule has 1 aliphatic rings. The van der Waals surface area contributed by atoms with E-state index in [1.54, 1.807) is 0 Å². The summed E-state index contributed by atoms with van der Waals surface area (Å²) in [4.78, 5) is 11.4. The number of hydrogen-bond donors (Lipinski definition) is 2. The maximum Gasteiger partial charge on any atom is 0.418 e. The molecule has 0 amide bonds. The van der Waals surface area contributed by atoms with E-state index >= 15 is 0 Å². The molecule has 0 spiro atoms. The van der Waals surface area contributed by atoms with E-state index < -0.39 is 23.6 Å². The molecule has 2 N–H and O–H groups in total. The van der Waals surface area contributed by atoms with Gasteiger partial charge in [0.05, 0.1) is 23.8 Å². The van der Waals surface area contributed by atoms with Crippen LogP contribution in [0.2, 0.25) is 0 Å². The van der Waals surface area contributed by atoms with Gasteiger partial charge in [-0.05, 0) is 85.5 Å². The van der Waals surface area contributed by atoms with Crippen molar-refractivity contribution >= 4 is 28.9 Å². The Morgan fingerprint density at radius 2 is 1.76 bits per heavy atom. The number of nitrogens with one attached hydrogen (secondary N) is 1. The van der Waals surface area contributed by atoms with Crippen LogP contribution in [0.4, 0.5) is 18.9 Å². The molecule has 3 aromatic carbocycles. The molecule has 0 bridgehead atoms. The van der Waals surface area contributed by atoms with Gasteiger partial charge in [-0.2, -0.15) is 13.2 Å². The van der Waals surface area contributed by atoms with Gasteiger partial charge < -0.3 is 15.2 Å². The molecular formula is C29H28F3NO3S. The van der Waals surface area contributed by atoms with Gasteiger partial charge in [0.1, 0.15) is 10.7 Å². The lowest BCUT2D eigenvalue weighted by atomic mass is 10.0. The monoisotopic (exact) mass is 527 g/mol. The lowest BCUT2D eigenvalue weighted by molar-refractivity contribution is -0.139. The standard InChI is InChI=1S/C29H28F3NO3S/c1-17-13-21(36-12-6-9-19-7-4-3-5-8-19)14-18(2)26(17)27(37)33-25-15-20(22-16-23(22)28(34)35)10-11-24(25)29(30,31)32/h3-5,7-8,10-11,13-15,22-23H,6,9,12,16H2,1-2H3,(H,33,37)(H,34,35)/t22-,23-/m1/s1. The van der Waals surface area contributed by atoms with Crippen molar-refractivity contribution in [2.45, 2.75) is 45.2 Å². The summed E-state index contributed by atoms with van der Waals surface area (Å²) < 4.78 is 47.1. The number of benzene rings is 3. The van der Waals surface area contributed by atoms with E-state index in [4.69, 9.17) is 17.0 Å². The summed E-state index contributed by atoms with van der Waals surface area (Å²) in [5, 5.41) is 12.0. The minimum Gasteiger partial charge on any atom is -0.494 e. The van der Waals surface area contributed by atoms with Crippen LogP contribution in [0.1, 0.15) is 52.1 Å². The number of alkyl halides is 3. The summed E-state index contributed by atoms with van der Waals surface area (Å²) in [6.07, 6.45) is -2.42. The Labute approximate surface area is 219 Å². The summed E-state index contributed by atoms with van der Waals surface area (Å²) in [5.74, 6) is -1.12. The number of carboxylic acids is 1. The number of aliphatic carboxylic acids is 1. The molecule has 0 aliphatic heterocycles. The molecule has 4 nitrogen and oxygen atoms in total. The quantitative estimate of drug-likeness (QED) is 0.226. The minimum absolute atomic E-state index is 0.166. The van der Waals surface area contributed by atoms with Gasteiger partial charge in [0.2, 0.25) is 0 Å². The Bertz CT molecular complexity index is 1280. The number of ether oxygens (including phenoxy) is 1. The molecule has 1 saturated carbocycles. The highest BCUT2D eigenvalue weighted by molar-refractivity contribution is 7.81. The second kappa shape index (κ2) is 10.9. The van der Waals surface area contributed by atoms with Crippen LogP contribution in [0.15, 0.2) is 60.7 Å². The van der Waals surface area contributed by atoms with Crippen LogP contribution >= 0.6 is 12.2 Å². The first-order valence-electron chi connectivity index (χ1n) is 12.1. The zero-order valence-corrected chi connectivity index (χ0v) is 21.4. The van der Waals surface area contributed by atoms with Gasteiger partial charge >= 0.3 is 12.1 Å². The molecule has 1 fully saturated rings. The number of anilines is 1. The van der Waals surface area contributed by atoms with Crippen molar-refractivity contribution in [3.8, 4) is 5.75 Å². The number of carbonyl (C=O) groups is 1. The van der Waals surface area contributed by atoms with Crippen LogP contribution in [0.3, 0.4) is 0 Å². The van der Waals surface area contributed by atoms with Crippen LogP contribution in [-0.4, -0.2) is 22.7 Å². The van der Waals surface area contributed by atoms with Crippen LogP contribution in [0, 0.1) is 19.8 Å². The molecule has 3 aromatic rings. The van der Waals surface area contributed by atoms with E-state index in [9.17, 15) is 23.1 Å². The summed E-state index contributed by atoms with van der Waals surface area (Å²) in [6, 6.07) is 17.5. The third-order valence-corrected chi connectivity index (χ3v) is 6.89. The smallest absolute Gasteiger partial charge is 0.418 e. The fourth-order valence-electron chi connectivity index (χ4n) is 4.64. The fourth-order valence-corrected chi connectivity index (χ4v) is 5.07. The maximum atomic E-state index is 13.7. The Balaban J connectivity index is 1.48. The van der Waals surface area contributed by atoms with Gasteiger partial charge in [0, 0.05) is 5.56 Å². The second-order valence-electron chi connectivity index (χ2n) is 9.41. The van der Waals surface area contributed by atoms with Crippen molar-refractivity contribution in [1.29, 1.82) is 0 Å². The minimum atomic E-state index is -4.59. The Hall–Kier alpha value is -3.39. The van der Waals surface area contributed by atoms with Crippen LogP contribution in [0.25, 0.3) is 0 Å². The summed E-state index contributed by atoms with van der Waals surface area (Å²) in [7, 11) is 0. The number of halogens is 3. The molecule has 0 radical (unpaired) electrons. The van der Waals surface area contributed by atoms with Gasteiger partial charge in [0.25, 0.3) is 0 Å². The maximum absolute atomic E-state index is 13.7. The normalized spacial score (nSPS) is 16.8. The van der Waals surface area contributed by atoms with E-state index in [0.717, 1.165) is 30.0 Å². The van der Waals surface area contributed by atoms with Crippen molar-refractivity contribution in [1.82, 2.24) is 0 Å². The first-order chi connectivity index (χ1) is 17.5. The molecule has 2 atom stereocenters. The van der Waals surface area contributed by atoms with Gasteiger partial charge in [-0.1, -0.05) is 48.6 Å². The molecule has 1 aliphatic carbocycles. The Morgan fingerprint density at radius 3 is 2.35 bits per heavy atom. The van der Waals surface area contributed by atoms with Gasteiger partial charge in [-0.3, -0.25) is 4.79 Å². The molecule has 0 saturated heterocycles. The fraction of sp³-hybridized carbons (Fsp3) is 0.310. The van der Waals surface area contributed by atoms with Crippen LogP contribution in [-0.2, 0) is 17.4 Å². The van der Waals surface area contributed by atoms with Crippen molar-refractivity contribution < 1.29 is 27.8 Å².